The van der Waals surface area contributed by atoms with Crippen LogP contribution in [0, 0.1) is 0 Å². The lowest BCUT2D eigenvalue weighted by Gasteiger charge is -2.31. The van der Waals surface area contributed by atoms with Crippen LogP contribution >= 0.6 is 0 Å². The van der Waals surface area contributed by atoms with Crippen LogP contribution in [-0.4, -0.2) is 47.4 Å². The molecule has 0 spiro atoms. The molecule has 0 N–H and O–H groups in total. The maximum absolute atomic E-state index is 4.91. The van der Waals surface area contributed by atoms with Crippen LogP contribution in [0.15, 0.2) is 49.2 Å². The van der Waals surface area contributed by atoms with Gasteiger partial charge in [0.05, 0.1) is 24.0 Å². The predicted molar refractivity (Wildman–Crippen MR) is 118 cm³/mol. The third-order valence-corrected chi connectivity index (χ3v) is 6.55. The lowest BCUT2D eigenvalue weighted by Crippen LogP contribution is -2.35. The lowest BCUT2D eigenvalue weighted by atomic mass is 9.91. The summed E-state index contributed by atoms with van der Waals surface area (Å²) in [6, 6.07) is 6.59. The smallest absolute Gasteiger partial charge is 0.211 e. The Kier molecular flexibility index (Phi) is 4.45. The molecule has 4 aromatic rings. The van der Waals surface area contributed by atoms with Crippen molar-refractivity contribution < 1.29 is 0 Å². The summed E-state index contributed by atoms with van der Waals surface area (Å²) in [4.78, 5) is 23.5. The summed E-state index contributed by atoms with van der Waals surface area (Å²) >= 11 is 0. The lowest BCUT2D eigenvalue weighted by molar-refractivity contribution is 0.206. The van der Waals surface area contributed by atoms with Gasteiger partial charge in [0, 0.05) is 50.6 Å². The van der Waals surface area contributed by atoms with Crippen molar-refractivity contribution in [3.05, 3.63) is 72.0 Å². The predicted octanol–water partition coefficient (Wildman–Crippen LogP) is 2.85. The number of imidazole rings is 2. The molecular weight excluding hydrogens is 388 g/mol. The Morgan fingerprint density at radius 3 is 3.03 bits per heavy atom. The van der Waals surface area contributed by atoms with E-state index in [9.17, 15) is 0 Å². The van der Waals surface area contributed by atoms with E-state index in [-0.39, 0.29) is 0 Å². The molecule has 5 heterocycles. The fourth-order valence-corrected chi connectivity index (χ4v) is 4.99. The number of pyridine rings is 1. The summed E-state index contributed by atoms with van der Waals surface area (Å²) in [6.07, 6.45) is 13.3. The molecule has 158 valence electrons. The van der Waals surface area contributed by atoms with Crippen molar-refractivity contribution >= 4 is 11.6 Å². The number of anilines is 1. The number of hydrogen-bond acceptors (Lipinski definition) is 6. The van der Waals surface area contributed by atoms with E-state index in [0.717, 1.165) is 62.1 Å². The molecule has 0 saturated heterocycles. The molecule has 0 amide bonds. The topological polar surface area (TPSA) is 67.4 Å². The number of nitrogens with zero attached hydrogens (tertiary/aromatic N) is 8. The average molecular weight is 415 g/mol. The van der Waals surface area contributed by atoms with Crippen LogP contribution in [0.25, 0.3) is 5.65 Å². The van der Waals surface area contributed by atoms with Crippen molar-refractivity contribution in [3.8, 4) is 0 Å². The number of aryl methyl sites for hydroxylation is 1. The van der Waals surface area contributed by atoms with E-state index >= 15 is 0 Å². The molecule has 6 rings (SSSR count). The van der Waals surface area contributed by atoms with Gasteiger partial charge in [-0.15, -0.1) is 0 Å². The first-order valence-electron chi connectivity index (χ1n) is 11.0. The van der Waals surface area contributed by atoms with E-state index in [2.05, 4.69) is 48.0 Å². The van der Waals surface area contributed by atoms with Crippen molar-refractivity contribution in [1.29, 1.82) is 0 Å². The highest BCUT2D eigenvalue weighted by Crippen LogP contribution is 2.32. The normalized spacial score (nSPS) is 18.4. The van der Waals surface area contributed by atoms with Gasteiger partial charge in [0.1, 0.15) is 11.5 Å². The number of hydrogen-bond donors (Lipinski definition) is 0. The van der Waals surface area contributed by atoms with Gasteiger partial charge in [0.25, 0.3) is 0 Å². The Morgan fingerprint density at radius 1 is 1.10 bits per heavy atom. The molecule has 0 aromatic carbocycles. The van der Waals surface area contributed by atoms with Gasteiger partial charge in [-0.3, -0.25) is 14.3 Å². The third-order valence-electron chi connectivity index (χ3n) is 6.55. The van der Waals surface area contributed by atoms with E-state index in [1.54, 1.807) is 0 Å². The van der Waals surface area contributed by atoms with Crippen LogP contribution in [0.1, 0.15) is 41.7 Å². The Morgan fingerprint density at radius 2 is 2.06 bits per heavy atom. The van der Waals surface area contributed by atoms with Crippen molar-refractivity contribution in [3.63, 3.8) is 0 Å². The molecule has 0 fully saturated rings. The highest BCUT2D eigenvalue weighted by molar-refractivity contribution is 5.48. The summed E-state index contributed by atoms with van der Waals surface area (Å²) in [5.74, 6) is 2.01. The summed E-state index contributed by atoms with van der Waals surface area (Å²) in [5, 5.41) is 0. The third kappa shape index (κ3) is 3.27. The van der Waals surface area contributed by atoms with Gasteiger partial charge in [0.15, 0.2) is 0 Å². The maximum Gasteiger partial charge on any atom is 0.211 e. The fraction of sp³-hybridized carbons (Fsp3) is 0.391. The monoisotopic (exact) mass is 414 g/mol. The summed E-state index contributed by atoms with van der Waals surface area (Å²) in [5.41, 5.74) is 4.60. The van der Waals surface area contributed by atoms with Gasteiger partial charge in [-0.25, -0.2) is 15.0 Å². The number of rotatable bonds is 4. The summed E-state index contributed by atoms with van der Waals surface area (Å²) in [6.45, 7) is 3.38. The van der Waals surface area contributed by atoms with Gasteiger partial charge in [-0.2, -0.15) is 0 Å². The van der Waals surface area contributed by atoms with E-state index in [1.807, 2.05) is 36.9 Å². The number of fused-ring (bicyclic) bond motifs is 3. The molecule has 0 saturated carbocycles. The SMILES string of the molecule is CN(Cc1cn2c(N3CCn4ccnc4C3)nccc2n1)[C@H]1CCCc2cccnc21. The van der Waals surface area contributed by atoms with E-state index in [0.29, 0.717) is 6.04 Å². The van der Waals surface area contributed by atoms with Crippen LogP contribution in [0.4, 0.5) is 5.95 Å². The minimum atomic E-state index is 0.341. The highest BCUT2D eigenvalue weighted by Gasteiger charge is 2.26. The standard InChI is InChI=1S/C23H26N8/c1-28(19-6-2-4-17-5-3-8-25-22(17)19)14-18-15-31-20(27-18)7-9-26-23(31)30-13-12-29-11-10-24-21(29)16-30/h3,5,7-11,15,19H,2,4,6,12-14,16H2,1H3/t19-/m0/s1. The molecule has 0 radical (unpaired) electrons. The largest absolute Gasteiger partial charge is 0.333 e. The van der Waals surface area contributed by atoms with E-state index in [1.165, 1.54) is 17.7 Å². The molecule has 1 aliphatic heterocycles. The first-order valence-corrected chi connectivity index (χ1v) is 11.0. The van der Waals surface area contributed by atoms with Gasteiger partial charge in [-0.1, -0.05) is 6.07 Å². The summed E-state index contributed by atoms with van der Waals surface area (Å²) in [7, 11) is 2.18. The first kappa shape index (κ1) is 18.5. The maximum atomic E-state index is 4.91. The molecule has 31 heavy (non-hydrogen) atoms. The zero-order chi connectivity index (χ0) is 20.8. The minimum Gasteiger partial charge on any atom is -0.333 e. The second kappa shape index (κ2) is 7.46. The van der Waals surface area contributed by atoms with Gasteiger partial charge < -0.3 is 9.47 Å². The highest BCUT2D eigenvalue weighted by atomic mass is 15.3. The van der Waals surface area contributed by atoms with E-state index < -0.39 is 0 Å². The van der Waals surface area contributed by atoms with Crippen LogP contribution in [0.5, 0.6) is 0 Å². The van der Waals surface area contributed by atoms with Gasteiger partial charge >= 0.3 is 0 Å². The molecule has 1 atom stereocenters. The average Bonchev–Trinajstić information content (AvgIpc) is 3.44. The minimum absolute atomic E-state index is 0.341. The molecule has 1 aliphatic carbocycles. The van der Waals surface area contributed by atoms with Crippen molar-refractivity contribution in [2.24, 2.45) is 0 Å². The molecular formula is C23H26N8. The van der Waals surface area contributed by atoms with Crippen LogP contribution in [0.2, 0.25) is 0 Å². The second-order valence-electron chi connectivity index (χ2n) is 8.53. The number of aromatic nitrogens is 6. The quantitative estimate of drug-likeness (QED) is 0.512. The van der Waals surface area contributed by atoms with Gasteiger partial charge in [0.2, 0.25) is 5.95 Å². The van der Waals surface area contributed by atoms with Crippen molar-refractivity contribution in [2.75, 3.05) is 18.5 Å². The van der Waals surface area contributed by atoms with Crippen LogP contribution < -0.4 is 4.90 Å². The Labute approximate surface area is 181 Å². The second-order valence-corrected chi connectivity index (χ2v) is 8.53. The molecule has 0 unspecified atom stereocenters. The zero-order valence-corrected chi connectivity index (χ0v) is 17.7. The molecule has 8 heteroatoms. The van der Waals surface area contributed by atoms with Crippen molar-refractivity contribution in [1.82, 2.24) is 33.8 Å². The van der Waals surface area contributed by atoms with Gasteiger partial charge in [-0.05, 0) is 44.0 Å². The molecule has 0 bridgehead atoms. The zero-order valence-electron chi connectivity index (χ0n) is 17.7. The Hall–Kier alpha value is -3.26. The van der Waals surface area contributed by atoms with Crippen LogP contribution in [0.3, 0.4) is 0 Å². The molecule has 2 aliphatic rings. The first-order chi connectivity index (χ1) is 15.3. The summed E-state index contributed by atoms with van der Waals surface area (Å²) < 4.78 is 4.33. The van der Waals surface area contributed by atoms with E-state index in [4.69, 9.17) is 9.97 Å². The van der Waals surface area contributed by atoms with Crippen LogP contribution in [-0.2, 0) is 26.1 Å². The Bertz CT molecular complexity index is 1230. The fourth-order valence-electron chi connectivity index (χ4n) is 4.99. The molecule has 8 nitrogen and oxygen atoms in total. The molecule has 4 aromatic heterocycles. The van der Waals surface area contributed by atoms with Crippen molar-refractivity contribution in [2.45, 2.75) is 44.9 Å². The Balaban J connectivity index is 1.27.